The van der Waals surface area contributed by atoms with Gasteiger partial charge in [-0.25, -0.2) is 0 Å². The highest BCUT2D eigenvalue weighted by molar-refractivity contribution is 5.70. The minimum atomic E-state index is -1.62. The van der Waals surface area contributed by atoms with E-state index in [1.54, 1.807) is 0 Å². The number of hydrogen-bond acceptors (Lipinski definition) is 8. The summed E-state index contributed by atoms with van der Waals surface area (Å²) in [4.78, 5) is 37.5. The molecule has 0 aromatic carbocycles. The Bertz CT molecular complexity index is 1380. The Hall–Kier alpha value is -2.23. The number of allylic oxidation sites excluding steroid dienone is 4. The molecule has 9 heteroatoms. The summed E-state index contributed by atoms with van der Waals surface area (Å²) in [6, 6.07) is 0. The molecule has 0 saturated carbocycles. The number of esters is 2. The quantitative estimate of drug-likeness (QED) is 0.0195. The predicted molar refractivity (Wildman–Crippen MR) is 343 cm³/mol. The maximum atomic E-state index is 12.9. The van der Waals surface area contributed by atoms with Crippen molar-refractivity contribution in [2.45, 2.75) is 373 Å². The summed E-state index contributed by atoms with van der Waals surface area (Å²) >= 11 is 0. The Labute approximate surface area is 503 Å². The van der Waals surface area contributed by atoms with Gasteiger partial charge in [0, 0.05) is 12.8 Å². The second-order valence-electron chi connectivity index (χ2n) is 25.5. The van der Waals surface area contributed by atoms with Crippen molar-refractivity contribution in [3.8, 4) is 0 Å². The Kier molecular flexibility index (Phi) is 62.0. The maximum absolute atomic E-state index is 12.9. The first-order chi connectivity index (χ1) is 39.6. The molecule has 81 heavy (non-hydrogen) atoms. The van der Waals surface area contributed by atoms with Crippen LogP contribution in [0.25, 0.3) is 0 Å². The van der Waals surface area contributed by atoms with Gasteiger partial charge in [-0.1, -0.05) is 327 Å². The number of hydrogen-bond donors (Lipinski definition) is 0. The van der Waals surface area contributed by atoms with Gasteiger partial charge in [0.25, 0.3) is 0 Å². The fourth-order valence-corrected chi connectivity index (χ4v) is 10.7. The number of carboxylic acids is 1. The van der Waals surface area contributed by atoms with Gasteiger partial charge < -0.3 is 33.3 Å². The number of quaternary nitrogens is 1. The lowest BCUT2D eigenvalue weighted by Crippen LogP contribution is -2.44. The van der Waals surface area contributed by atoms with Gasteiger partial charge in [-0.15, -0.1) is 0 Å². The lowest BCUT2D eigenvalue weighted by molar-refractivity contribution is -0.870. The molecule has 0 aromatic rings. The zero-order chi connectivity index (χ0) is 59.1. The van der Waals surface area contributed by atoms with Crippen molar-refractivity contribution in [2.75, 3.05) is 47.5 Å². The van der Waals surface area contributed by atoms with Gasteiger partial charge in [-0.05, 0) is 44.9 Å². The number of rotatable bonds is 67. The molecule has 0 aliphatic heterocycles. The third-order valence-electron chi connectivity index (χ3n) is 16.2. The smallest absolute Gasteiger partial charge is 0.306 e. The Balaban J connectivity index is 4.05. The molecule has 0 N–H and O–H groups in total. The molecule has 9 nitrogen and oxygen atoms in total. The fraction of sp³-hybridized carbons (Fsp3) is 0.903. The van der Waals surface area contributed by atoms with E-state index in [2.05, 4.69) is 38.2 Å². The first kappa shape index (κ1) is 78.8. The summed E-state index contributed by atoms with van der Waals surface area (Å²) < 4.78 is 22.8. The van der Waals surface area contributed by atoms with Gasteiger partial charge >= 0.3 is 11.9 Å². The molecular weight excluding hydrogens is 1010 g/mol. The van der Waals surface area contributed by atoms with E-state index in [0.29, 0.717) is 17.4 Å². The summed E-state index contributed by atoms with van der Waals surface area (Å²) in [5.74, 6) is -2.25. The molecule has 478 valence electrons. The SMILES string of the molecule is CCCCCCC/C=C\C/C=C\CCCCCCCCCCCCCCCCCCCCCC(=O)OC(COC(=O)CCCCCCCCCCCCCCCCCCCCCCCCCCC)COC(OCC[N+](C)(C)C)C(=O)[O-]. The van der Waals surface area contributed by atoms with Gasteiger partial charge in [-0.2, -0.15) is 0 Å². The minimum absolute atomic E-state index is 0.152. The Morgan fingerprint density at radius 3 is 0.975 bits per heavy atom. The van der Waals surface area contributed by atoms with Crippen molar-refractivity contribution in [1.82, 2.24) is 0 Å². The number of carbonyl (C=O) groups is 3. The third-order valence-corrected chi connectivity index (χ3v) is 16.2. The standard InChI is InChI=1S/C72H137NO8/c1-6-8-10-12-14-16-18-20-22-24-26-28-30-32-33-34-35-36-37-39-41-43-45-47-49-51-53-55-57-59-61-63-70(75)81-68(67-80-72(71(76)77)78-65-64-73(3,4)5)66-79-69(74)62-60-58-56-54-52-50-48-46-44-42-40-38-31-29-27-25-23-21-19-17-15-13-11-9-7-2/h18,20,24,26,68,72H,6-17,19,21-23,25,27-67H2,1-5H3/b20-18-,26-24-. The molecule has 0 aliphatic rings. The molecule has 0 aliphatic carbocycles. The summed E-state index contributed by atoms with van der Waals surface area (Å²) in [5.41, 5.74) is 0. The summed E-state index contributed by atoms with van der Waals surface area (Å²) in [7, 11) is 5.95. The van der Waals surface area contributed by atoms with Crippen LogP contribution in [0.2, 0.25) is 0 Å². The molecule has 0 radical (unpaired) electrons. The van der Waals surface area contributed by atoms with Crippen LogP contribution in [-0.2, 0) is 33.3 Å². The van der Waals surface area contributed by atoms with Gasteiger partial charge in [0.1, 0.15) is 13.2 Å². The van der Waals surface area contributed by atoms with Crippen LogP contribution < -0.4 is 5.11 Å². The molecule has 0 fully saturated rings. The molecular formula is C72H137NO8. The van der Waals surface area contributed by atoms with E-state index in [4.69, 9.17) is 18.9 Å². The topological polar surface area (TPSA) is 111 Å². The van der Waals surface area contributed by atoms with Crippen molar-refractivity contribution < 1.29 is 42.9 Å². The first-order valence-electron chi connectivity index (χ1n) is 35.5. The van der Waals surface area contributed by atoms with Gasteiger partial charge in [0.15, 0.2) is 12.4 Å². The lowest BCUT2D eigenvalue weighted by atomic mass is 10.0. The maximum Gasteiger partial charge on any atom is 0.306 e. The zero-order valence-electron chi connectivity index (χ0n) is 54.7. The van der Waals surface area contributed by atoms with E-state index in [9.17, 15) is 19.5 Å². The van der Waals surface area contributed by atoms with Crippen molar-refractivity contribution in [3.63, 3.8) is 0 Å². The highest BCUT2D eigenvalue weighted by Gasteiger charge is 2.22. The van der Waals surface area contributed by atoms with Crippen LogP contribution in [0.1, 0.15) is 361 Å². The fourth-order valence-electron chi connectivity index (χ4n) is 10.7. The number of carboxylic acid groups (broad SMARTS) is 1. The zero-order valence-corrected chi connectivity index (χ0v) is 54.7. The van der Waals surface area contributed by atoms with Crippen molar-refractivity contribution in [3.05, 3.63) is 24.3 Å². The van der Waals surface area contributed by atoms with Crippen LogP contribution in [0.5, 0.6) is 0 Å². The van der Waals surface area contributed by atoms with Crippen LogP contribution in [0.3, 0.4) is 0 Å². The third kappa shape index (κ3) is 65.2. The highest BCUT2D eigenvalue weighted by atomic mass is 16.7. The van der Waals surface area contributed by atoms with Gasteiger partial charge in [0.05, 0.1) is 40.3 Å². The van der Waals surface area contributed by atoms with Crippen LogP contribution in [0.15, 0.2) is 24.3 Å². The molecule has 0 aromatic heterocycles. The van der Waals surface area contributed by atoms with E-state index in [1.165, 1.54) is 289 Å². The van der Waals surface area contributed by atoms with Crippen LogP contribution >= 0.6 is 0 Å². The van der Waals surface area contributed by atoms with E-state index in [1.807, 2.05) is 21.1 Å². The largest absolute Gasteiger partial charge is 0.545 e. The minimum Gasteiger partial charge on any atom is -0.545 e. The molecule has 0 heterocycles. The Morgan fingerprint density at radius 1 is 0.370 bits per heavy atom. The van der Waals surface area contributed by atoms with Crippen molar-refractivity contribution in [2.24, 2.45) is 0 Å². The van der Waals surface area contributed by atoms with Crippen LogP contribution in [-0.4, -0.2) is 82.3 Å². The average molecular weight is 1140 g/mol. The second-order valence-corrected chi connectivity index (χ2v) is 25.5. The Morgan fingerprint density at radius 2 is 0.667 bits per heavy atom. The van der Waals surface area contributed by atoms with Gasteiger partial charge in [-0.3, -0.25) is 9.59 Å². The first-order valence-corrected chi connectivity index (χ1v) is 35.5. The summed E-state index contributed by atoms with van der Waals surface area (Å²) in [6.07, 6.45) is 75.5. The average Bonchev–Trinajstić information content (AvgIpc) is 3.44. The molecule has 0 saturated heterocycles. The molecule has 2 atom stereocenters. The van der Waals surface area contributed by atoms with E-state index >= 15 is 0 Å². The lowest BCUT2D eigenvalue weighted by Gasteiger charge is -2.26. The summed E-state index contributed by atoms with van der Waals surface area (Å²) in [5, 5.41) is 11.8. The normalized spacial score (nSPS) is 12.8. The van der Waals surface area contributed by atoms with Crippen LogP contribution in [0, 0.1) is 0 Å². The van der Waals surface area contributed by atoms with E-state index in [-0.39, 0.29) is 32.2 Å². The number of carbonyl (C=O) groups excluding carboxylic acids is 3. The number of nitrogens with zero attached hydrogens (tertiary/aromatic N) is 1. The molecule has 0 rings (SSSR count). The van der Waals surface area contributed by atoms with Gasteiger partial charge in [0.2, 0.25) is 0 Å². The monoisotopic (exact) mass is 1140 g/mol. The summed E-state index contributed by atoms with van der Waals surface area (Å²) in [6.45, 7) is 4.82. The molecule has 0 spiro atoms. The number of aliphatic carboxylic acids is 1. The number of likely N-dealkylation sites (N-methyl/N-ethyl adjacent to an activating group) is 1. The van der Waals surface area contributed by atoms with Crippen molar-refractivity contribution in [1.29, 1.82) is 0 Å². The predicted octanol–water partition coefficient (Wildman–Crippen LogP) is 20.5. The van der Waals surface area contributed by atoms with E-state index < -0.39 is 24.3 Å². The number of unbranched alkanes of at least 4 members (excludes halogenated alkanes) is 48. The molecule has 0 bridgehead atoms. The number of ether oxygens (including phenoxy) is 4. The molecule has 2 unspecified atom stereocenters. The van der Waals surface area contributed by atoms with E-state index in [0.717, 1.165) is 44.9 Å². The van der Waals surface area contributed by atoms with Crippen molar-refractivity contribution >= 4 is 17.9 Å². The molecule has 0 amide bonds. The van der Waals surface area contributed by atoms with Crippen LogP contribution in [0.4, 0.5) is 0 Å². The second kappa shape index (κ2) is 63.8. The highest BCUT2D eigenvalue weighted by Crippen LogP contribution is 2.19.